The molecule has 0 spiro atoms. The lowest BCUT2D eigenvalue weighted by Crippen LogP contribution is -2.25. The van der Waals surface area contributed by atoms with Gasteiger partial charge in [0.1, 0.15) is 0 Å². The van der Waals surface area contributed by atoms with E-state index in [-0.39, 0.29) is 12.2 Å². The normalized spacial score (nSPS) is 13.9. The van der Waals surface area contributed by atoms with Crippen molar-refractivity contribution in [3.05, 3.63) is 71.8 Å². The van der Waals surface area contributed by atoms with Crippen LogP contribution in [-0.2, 0) is 5.60 Å². The van der Waals surface area contributed by atoms with Gasteiger partial charge in [-0.05, 0) is 12.5 Å². The van der Waals surface area contributed by atoms with Gasteiger partial charge in [0.25, 0.3) is 0 Å². The second-order valence-corrected chi connectivity index (χ2v) is 4.61. The molecule has 2 heteroatoms. The lowest BCUT2D eigenvalue weighted by atomic mass is 9.89. The summed E-state index contributed by atoms with van der Waals surface area (Å²) in [7, 11) is 0. The molecule has 1 atom stereocenters. The Kier molecular flexibility index (Phi) is 3.58. The molecule has 2 nitrogen and oxygen atoms in total. The lowest BCUT2D eigenvalue weighted by molar-refractivity contribution is 0.0431. The van der Waals surface area contributed by atoms with Gasteiger partial charge < -0.3 is 5.11 Å². The molecule has 0 unspecified atom stereocenters. The molecule has 92 valence electrons. The van der Waals surface area contributed by atoms with E-state index in [2.05, 4.69) is 0 Å². The smallest absolute Gasteiger partial charge is 0.166 e. The third kappa shape index (κ3) is 2.84. The summed E-state index contributed by atoms with van der Waals surface area (Å²) in [6.45, 7) is 1.67. The predicted octanol–water partition coefficient (Wildman–Crippen LogP) is 3.17. The molecule has 0 radical (unpaired) electrons. The first-order valence-electron chi connectivity index (χ1n) is 5.96. The molecule has 0 aliphatic heterocycles. The third-order valence-corrected chi connectivity index (χ3v) is 3.00. The maximum Gasteiger partial charge on any atom is 0.166 e. The number of Topliss-reactive ketones (excluding diaryl/α,β-unsaturated/α-hetero) is 1. The van der Waals surface area contributed by atoms with Crippen LogP contribution in [0.3, 0.4) is 0 Å². The highest BCUT2D eigenvalue weighted by molar-refractivity contribution is 5.96. The van der Waals surface area contributed by atoms with Crippen molar-refractivity contribution < 1.29 is 9.90 Å². The molecule has 0 saturated heterocycles. The summed E-state index contributed by atoms with van der Waals surface area (Å²) in [5.41, 5.74) is 0.261. The molecule has 0 bridgehead atoms. The molecule has 0 aliphatic carbocycles. The van der Waals surface area contributed by atoms with Crippen LogP contribution in [0.4, 0.5) is 0 Å². The van der Waals surface area contributed by atoms with E-state index in [1.807, 2.05) is 48.5 Å². The predicted molar refractivity (Wildman–Crippen MR) is 71.4 cm³/mol. The first-order chi connectivity index (χ1) is 8.59. The highest BCUT2D eigenvalue weighted by Gasteiger charge is 2.26. The van der Waals surface area contributed by atoms with E-state index in [9.17, 15) is 9.90 Å². The average Bonchev–Trinajstić information content (AvgIpc) is 2.40. The molecule has 2 rings (SSSR count). The Balaban J connectivity index is 2.17. The Hall–Kier alpha value is -1.93. The largest absolute Gasteiger partial charge is 0.385 e. The Bertz CT molecular complexity index is 515. The second-order valence-electron chi connectivity index (χ2n) is 4.61. The average molecular weight is 240 g/mol. The molecule has 0 aromatic heterocycles. The summed E-state index contributed by atoms with van der Waals surface area (Å²) in [5, 5.41) is 10.4. The van der Waals surface area contributed by atoms with Gasteiger partial charge in [0.15, 0.2) is 5.78 Å². The Labute approximate surface area is 107 Å². The SMILES string of the molecule is C[C@](O)(CC(=O)c1ccccc1)c1ccccc1. The number of benzene rings is 2. The zero-order valence-corrected chi connectivity index (χ0v) is 10.3. The van der Waals surface area contributed by atoms with Crippen LogP contribution < -0.4 is 0 Å². The quantitative estimate of drug-likeness (QED) is 0.833. The fourth-order valence-electron chi connectivity index (χ4n) is 1.94. The number of rotatable bonds is 4. The fourth-order valence-corrected chi connectivity index (χ4v) is 1.94. The summed E-state index contributed by atoms with van der Waals surface area (Å²) in [6.07, 6.45) is 0.0844. The minimum atomic E-state index is -1.13. The van der Waals surface area contributed by atoms with Crippen molar-refractivity contribution in [2.75, 3.05) is 0 Å². The molecule has 0 saturated carbocycles. The molecule has 18 heavy (non-hydrogen) atoms. The van der Waals surface area contributed by atoms with Gasteiger partial charge in [-0.1, -0.05) is 60.7 Å². The van der Waals surface area contributed by atoms with Gasteiger partial charge in [-0.2, -0.15) is 0 Å². The van der Waals surface area contributed by atoms with Crippen LogP contribution >= 0.6 is 0 Å². The van der Waals surface area contributed by atoms with Crippen molar-refractivity contribution in [3.8, 4) is 0 Å². The highest BCUT2D eigenvalue weighted by atomic mass is 16.3. The van der Waals surface area contributed by atoms with E-state index in [1.165, 1.54) is 0 Å². The number of aliphatic hydroxyl groups is 1. The van der Waals surface area contributed by atoms with Gasteiger partial charge in [0.2, 0.25) is 0 Å². The van der Waals surface area contributed by atoms with E-state index >= 15 is 0 Å². The van der Waals surface area contributed by atoms with Crippen molar-refractivity contribution in [3.63, 3.8) is 0 Å². The lowest BCUT2D eigenvalue weighted by Gasteiger charge is -2.23. The molecule has 0 aliphatic rings. The van der Waals surface area contributed by atoms with Crippen molar-refractivity contribution in [1.29, 1.82) is 0 Å². The van der Waals surface area contributed by atoms with Crippen LogP contribution in [0.15, 0.2) is 60.7 Å². The van der Waals surface area contributed by atoms with Gasteiger partial charge >= 0.3 is 0 Å². The molecule has 0 heterocycles. The molecule has 2 aromatic carbocycles. The maximum absolute atomic E-state index is 12.1. The first-order valence-corrected chi connectivity index (χ1v) is 5.96. The molecule has 0 fully saturated rings. The zero-order chi connectivity index (χ0) is 13.0. The van der Waals surface area contributed by atoms with Gasteiger partial charge in [-0.25, -0.2) is 0 Å². The molecule has 2 aromatic rings. The van der Waals surface area contributed by atoms with E-state index in [0.29, 0.717) is 5.56 Å². The maximum atomic E-state index is 12.1. The standard InChI is InChI=1S/C16H16O2/c1-16(18,14-10-6-3-7-11-14)12-15(17)13-8-4-2-5-9-13/h2-11,18H,12H2,1H3/t16-/m0/s1. The van der Waals surface area contributed by atoms with Crippen LogP contribution in [0.1, 0.15) is 29.3 Å². The molecular weight excluding hydrogens is 224 g/mol. The van der Waals surface area contributed by atoms with Crippen LogP contribution in [-0.4, -0.2) is 10.9 Å². The Morgan fingerprint density at radius 2 is 1.50 bits per heavy atom. The summed E-state index contributed by atoms with van der Waals surface area (Å²) in [5.74, 6) is -0.0514. The van der Waals surface area contributed by atoms with E-state index in [1.54, 1.807) is 19.1 Å². The van der Waals surface area contributed by atoms with Crippen molar-refractivity contribution >= 4 is 5.78 Å². The highest BCUT2D eigenvalue weighted by Crippen LogP contribution is 2.25. The van der Waals surface area contributed by atoms with Crippen LogP contribution in [0.2, 0.25) is 0 Å². The molecule has 0 amide bonds. The number of carbonyl (C=O) groups is 1. The van der Waals surface area contributed by atoms with Crippen molar-refractivity contribution in [2.24, 2.45) is 0 Å². The van der Waals surface area contributed by atoms with Gasteiger partial charge in [-0.3, -0.25) is 4.79 Å². The third-order valence-electron chi connectivity index (χ3n) is 3.00. The Morgan fingerprint density at radius 3 is 2.06 bits per heavy atom. The van der Waals surface area contributed by atoms with E-state index in [0.717, 1.165) is 5.56 Å². The first kappa shape index (κ1) is 12.5. The zero-order valence-electron chi connectivity index (χ0n) is 10.3. The molecular formula is C16H16O2. The summed E-state index contributed by atoms with van der Waals surface area (Å²) in [4.78, 5) is 12.1. The van der Waals surface area contributed by atoms with Gasteiger partial charge in [0, 0.05) is 12.0 Å². The number of hydrogen-bond donors (Lipinski definition) is 1. The summed E-state index contributed by atoms with van der Waals surface area (Å²) >= 11 is 0. The van der Waals surface area contributed by atoms with E-state index in [4.69, 9.17) is 0 Å². The minimum absolute atomic E-state index is 0.0514. The second kappa shape index (κ2) is 5.15. The van der Waals surface area contributed by atoms with Crippen LogP contribution in [0.25, 0.3) is 0 Å². The topological polar surface area (TPSA) is 37.3 Å². The number of carbonyl (C=O) groups excluding carboxylic acids is 1. The summed E-state index contributed by atoms with van der Waals surface area (Å²) < 4.78 is 0. The monoisotopic (exact) mass is 240 g/mol. The Morgan fingerprint density at radius 1 is 1.00 bits per heavy atom. The van der Waals surface area contributed by atoms with Crippen molar-refractivity contribution in [2.45, 2.75) is 18.9 Å². The minimum Gasteiger partial charge on any atom is -0.385 e. The number of ketones is 1. The number of hydrogen-bond acceptors (Lipinski definition) is 2. The van der Waals surface area contributed by atoms with Gasteiger partial charge in [0.05, 0.1) is 5.60 Å². The molecule has 1 N–H and O–H groups in total. The van der Waals surface area contributed by atoms with Crippen LogP contribution in [0.5, 0.6) is 0 Å². The van der Waals surface area contributed by atoms with Gasteiger partial charge in [-0.15, -0.1) is 0 Å². The fraction of sp³-hybridized carbons (Fsp3) is 0.188. The summed E-state index contributed by atoms with van der Waals surface area (Å²) in [6, 6.07) is 18.3. The van der Waals surface area contributed by atoms with Crippen LogP contribution in [0, 0.1) is 0 Å². The van der Waals surface area contributed by atoms with E-state index < -0.39 is 5.60 Å². The van der Waals surface area contributed by atoms with Crippen molar-refractivity contribution in [1.82, 2.24) is 0 Å².